The number of amides is 3. The maximum atomic E-state index is 13.4. The van der Waals surface area contributed by atoms with Gasteiger partial charge in [0, 0.05) is 18.2 Å². The van der Waals surface area contributed by atoms with Gasteiger partial charge in [0.05, 0.1) is 31.5 Å². The molecule has 0 spiro atoms. The van der Waals surface area contributed by atoms with Crippen LogP contribution in [0.15, 0.2) is 47.7 Å². The molecule has 8 nitrogen and oxygen atoms in total. The second-order valence-corrected chi connectivity index (χ2v) is 8.50. The highest BCUT2D eigenvalue weighted by atomic mass is 16.5. The Morgan fingerprint density at radius 3 is 2.66 bits per heavy atom. The Morgan fingerprint density at radius 1 is 1.16 bits per heavy atom. The number of carbonyl (C=O) groups excluding carboxylic acids is 2. The first kappa shape index (κ1) is 21.5. The van der Waals surface area contributed by atoms with Crippen LogP contribution in [-0.2, 0) is 11.2 Å². The zero-order valence-electron chi connectivity index (χ0n) is 18.8. The molecule has 8 heteroatoms. The molecule has 2 aromatic carbocycles. The van der Waals surface area contributed by atoms with Crippen LogP contribution in [0.4, 0.5) is 10.5 Å². The molecule has 32 heavy (non-hydrogen) atoms. The van der Waals surface area contributed by atoms with Gasteiger partial charge in [-0.25, -0.2) is 4.79 Å². The van der Waals surface area contributed by atoms with Gasteiger partial charge < -0.3 is 30.2 Å². The third kappa shape index (κ3) is 4.08. The van der Waals surface area contributed by atoms with E-state index in [9.17, 15) is 9.59 Å². The van der Waals surface area contributed by atoms with Crippen LogP contribution in [0.3, 0.4) is 0 Å². The van der Waals surface area contributed by atoms with Gasteiger partial charge in [-0.3, -0.25) is 4.79 Å². The highest BCUT2D eigenvalue weighted by molar-refractivity contribution is 6.07. The number of anilines is 1. The molecule has 4 rings (SSSR count). The summed E-state index contributed by atoms with van der Waals surface area (Å²) in [7, 11) is 3.08. The number of methoxy groups -OCH3 is 2. The number of nitrogens with one attached hydrogen (secondary N) is 3. The summed E-state index contributed by atoms with van der Waals surface area (Å²) in [5, 5.41) is 8.48. The normalized spacial score (nSPS) is 18.8. The van der Waals surface area contributed by atoms with Crippen LogP contribution in [0.1, 0.15) is 37.9 Å². The van der Waals surface area contributed by atoms with Crippen molar-refractivity contribution in [2.24, 2.45) is 0 Å². The molecule has 0 saturated heterocycles. The molecule has 168 valence electrons. The van der Waals surface area contributed by atoms with Crippen molar-refractivity contribution in [3.05, 3.63) is 58.8 Å². The van der Waals surface area contributed by atoms with Gasteiger partial charge in [-0.05, 0) is 56.2 Å². The van der Waals surface area contributed by atoms with Crippen LogP contribution in [0, 0.1) is 0 Å². The lowest BCUT2D eigenvalue weighted by molar-refractivity contribution is -0.113. The van der Waals surface area contributed by atoms with Crippen molar-refractivity contribution in [3.63, 3.8) is 0 Å². The molecule has 0 bridgehead atoms. The molecule has 0 aliphatic carbocycles. The van der Waals surface area contributed by atoms with E-state index in [1.165, 1.54) is 7.11 Å². The fourth-order valence-electron chi connectivity index (χ4n) is 4.16. The van der Waals surface area contributed by atoms with E-state index in [2.05, 4.69) is 16.0 Å². The van der Waals surface area contributed by atoms with Gasteiger partial charge in [0.2, 0.25) is 0 Å². The first-order chi connectivity index (χ1) is 15.2. The topological polar surface area (TPSA) is 97.9 Å². The lowest BCUT2D eigenvalue weighted by Crippen LogP contribution is -2.46. The lowest BCUT2D eigenvalue weighted by Gasteiger charge is -2.29. The third-order valence-electron chi connectivity index (χ3n) is 5.59. The fraction of sp³-hybridized carbons (Fsp3) is 0.333. The molecule has 0 radical (unpaired) electrons. The minimum atomic E-state index is -0.616. The summed E-state index contributed by atoms with van der Waals surface area (Å²) in [5.74, 6) is 1.55. The number of hydrogen-bond donors (Lipinski definition) is 3. The van der Waals surface area contributed by atoms with E-state index in [0.29, 0.717) is 28.5 Å². The molecule has 2 aliphatic rings. The van der Waals surface area contributed by atoms with Gasteiger partial charge >= 0.3 is 6.03 Å². The fourth-order valence-corrected chi connectivity index (χ4v) is 4.16. The second-order valence-electron chi connectivity index (χ2n) is 8.50. The van der Waals surface area contributed by atoms with E-state index < -0.39 is 6.04 Å². The first-order valence-electron chi connectivity index (χ1n) is 10.3. The van der Waals surface area contributed by atoms with Crippen molar-refractivity contribution in [2.75, 3.05) is 19.5 Å². The number of fused-ring (bicyclic) bond motifs is 1. The van der Waals surface area contributed by atoms with Gasteiger partial charge in [-0.2, -0.15) is 0 Å². The predicted octanol–water partition coefficient (Wildman–Crippen LogP) is 3.68. The number of ether oxygens (including phenoxy) is 3. The summed E-state index contributed by atoms with van der Waals surface area (Å²) in [5.41, 5.74) is 2.93. The number of carbonyl (C=O) groups is 2. The quantitative estimate of drug-likeness (QED) is 0.663. The Balaban J connectivity index is 1.68. The predicted molar refractivity (Wildman–Crippen MR) is 120 cm³/mol. The van der Waals surface area contributed by atoms with Crippen molar-refractivity contribution < 1.29 is 23.8 Å². The zero-order valence-corrected chi connectivity index (χ0v) is 18.8. The molecule has 0 aromatic heterocycles. The van der Waals surface area contributed by atoms with Gasteiger partial charge in [-0.15, -0.1) is 0 Å². The van der Waals surface area contributed by atoms with Crippen LogP contribution < -0.4 is 30.2 Å². The van der Waals surface area contributed by atoms with E-state index in [1.807, 2.05) is 32.0 Å². The van der Waals surface area contributed by atoms with Crippen molar-refractivity contribution in [2.45, 2.75) is 38.8 Å². The zero-order chi connectivity index (χ0) is 23.0. The van der Waals surface area contributed by atoms with Gasteiger partial charge in [0.25, 0.3) is 5.91 Å². The Hall–Kier alpha value is -3.68. The summed E-state index contributed by atoms with van der Waals surface area (Å²) in [6.45, 7) is 5.77. The molecule has 2 heterocycles. The number of rotatable bonds is 5. The Labute approximate surface area is 186 Å². The molecule has 2 aromatic rings. The Bertz CT molecular complexity index is 1120. The molecular formula is C24H27N3O5. The van der Waals surface area contributed by atoms with Crippen molar-refractivity contribution >= 4 is 17.6 Å². The van der Waals surface area contributed by atoms with Crippen LogP contribution in [0.2, 0.25) is 0 Å². The standard InChI is InChI=1S/C24H27N3O5/c1-13-20(22(28)26-17-11-16(30-4)7-9-19(17)31-5)21(27-23(29)25-13)14-6-8-18-15(10-14)12-24(2,3)32-18/h6-11,21H,12H2,1-5H3,(H,26,28)(H2,25,27,29). The van der Waals surface area contributed by atoms with Gasteiger partial charge in [-0.1, -0.05) is 6.07 Å². The SMILES string of the molecule is COc1ccc(OC)c(NC(=O)C2=C(C)NC(=O)NC2c2ccc3c(c2)CC(C)(C)O3)c1. The lowest BCUT2D eigenvalue weighted by atomic mass is 9.92. The van der Waals surface area contributed by atoms with Gasteiger partial charge in [0.1, 0.15) is 22.8 Å². The van der Waals surface area contributed by atoms with Crippen LogP contribution >= 0.6 is 0 Å². The molecule has 0 saturated carbocycles. The summed E-state index contributed by atoms with van der Waals surface area (Å²) in [4.78, 5) is 25.6. The van der Waals surface area contributed by atoms with Crippen molar-refractivity contribution in [3.8, 4) is 17.2 Å². The monoisotopic (exact) mass is 437 g/mol. The molecule has 1 atom stereocenters. The summed E-state index contributed by atoms with van der Waals surface area (Å²) >= 11 is 0. The maximum absolute atomic E-state index is 13.4. The van der Waals surface area contributed by atoms with E-state index in [1.54, 1.807) is 32.2 Å². The van der Waals surface area contributed by atoms with E-state index in [-0.39, 0.29) is 17.5 Å². The number of allylic oxidation sites excluding steroid dienone is 1. The van der Waals surface area contributed by atoms with Gasteiger partial charge in [0.15, 0.2) is 0 Å². The summed E-state index contributed by atoms with van der Waals surface area (Å²) in [6.07, 6.45) is 0.750. The molecule has 1 unspecified atom stereocenters. The van der Waals surface area contributed by atoms with E-state index >= 15 is 0 Å². The number of benzene rings is 2. The van der Waals surface area contributed by atoms with E-state index in [0.717, 1.165) is 23.3 Å². The van der Waals surface area contributed by atoms with E-state index in [4.69, 9.17) is 14.2 Å². The smallest absolute Gasteiger partial charge is 0.319 e. The maximum Gasteiger partial charge on any atom is 0.319 e. The Kier molecular flexibility index (Phi) is 5.46. The highest BCUT2D eigenvalue weighted by Crippen LogP contribution is 2.38. The third-order valence-corrected chi connectivity index (χ3v) is 5.59. The molecule has 3 N–H and O–H groups in total. The Morgan fingerprint density at radius 2 is 1.94 bits per heavy atom. The summed E-state index contributed by atoms with van der Waals surface area (Å²) < 4.78 is 16.6. The molecule has 0 fully saturated rings. The van der Waals surface area contributed by atoms with Crippen LogP contribution in [0.25, 0.3) is 0 Å². The number of urea groups is 1. The minimum Gasteiger partial charge on any atom is -0.497 e. The first-order valence-corrected chi connectivity index (χ1v) is 10.3. The molecule has 2 aliphatic heterocycles. The van der Waals surface area contributed by atoms with Crippen molar-refractivity contribution in [1.29, 1.82) is 0 Å². The number of hydrogen-bond acceptors (Lipinski definition) is 5. The highest BCUT2D eigenvalue weighted by Gasteiger charge is 2.34. The van der Waals surface area contributed by atoms with Crippen LogP contribution in [-0.4, -0.2) is 31.8 Å². The average Bonchev–Trinajstić information content (AvgIpc) is 3.05. The van der Waals surface area contributed by atoms with Crippen LogP contribution in [0.5, 0.6) is 17.2 Å². The molecule has 3 amide bonds. The minimum absolute atomic E-state index is 0.285. The molecular weight excluding hydrogens is 410 g/mol. The van der Waals surface area contributed by atoms with Crippen molar-refractivity contribution in [1.82, 2.24) is 10.6 Å². The summed E-state index contributed by atoms with van der Waals surface area (Å²) in [6, 6.07) is 9.94. The largest absolute Gasteiger partial charge is 0.497 e. The second kappa shape index (κ2) is 8.11. The average molecular weight is 437 g/mol.